The second kappa shape index (κ2) is 8.55. The maximum atomic E-state index is 12.6. The average molecular weight is 464 g/mol. The Morgan fingerprint density at radius 2 is 1.86 bits per heavy atom. The van der Waals surface area contributed by atoms with E-state index in [1.54, 1.807) is 12.1 Å². The van der Waals surface area contributed by atoms with E-state index in [2.05, 4.69) is 39.9 Å². The molecule has 0 saturated heterocycles. The number of nitrogens with zero attached hydrogens (tertiary/aromatic N) is 3. The molecule has 0 N–H and O–H groups in total. The van der Waals surface area contributed by atoms with Crippen molar-refractivity contribution in [1.82, 2.24) is 14.4 Å². The zero-order valence-corrected chi connectivity index (χ0v) is 18.4. The first-order chi connectivity index (χ1) is 13.2. The van der Waals surface area contributed by atoms with Crippen LogP contribution in [0.2, 0.25) is 0 Å². The first kappa shape index (κ1) is 20.7. The zero-order valence-electron chi connectivity index (χ0n) is 16.0. The summed E-state index contributed by atoms with van der Waals surface area (Å²) in [5, 5.41) is 3.98. The SMILES string of the molecule is CC(C)c1ccc(-c2noc(CN(C)S(=O)(=O)Cc3cccc(Br)c3)n2)cc1. The van der Waals surface area contributed by atoms with Gasteiger partial charge in [-0.15, -0.1) is 0 Å². The molecule has 0 atom stereocenters. The molecule has 6 nitrogen and oxygen atoms in total. The van der Waals surface area contributed by atoms with Crippen LogP contribution in [0.5, 0.6) is 0 Å². The number of halogens is 1. The van der Waals surface area contributed by atoms with Gasteiger partial charge in [-0.25, -0.2) is 8.42 Å². The van der Waals surface area contributed by atoms with E-state index in [0.29, 0.717) is 17.3 Å². The molecule has 8 heteroatoms. The molecule has 0 amide bonds. The first-order valence-electron chi connectivity index (χ1n) is 8.86. The number of hydrogen-bond donors (Lipinski definition) is 0. The van der Waals surface area contributed by atoms with E-state index < -0.39 is 10.0 Å². The number of rotatable bonds is 7. The smallest absolute Gasteiger partial charge is 0.242 e. The van der Waals surface area contributed by atoms with Crippen LogP contribution in [0, 0.1) is 0 Å². The van der Waals surface area contributed by atoms with Crippen molar-refractivity contribution in [2.75, 3.05) is 7.05 Å². The van der Waals surface area contributed by atoms with Crippen molar-refractivity contribution in [2.45, 2.75) is 32.1 Å². The summed E-state index contributed by atoms with van der Waals surface area (Å²) in [6.45, 7) is 4.28. The van der Waals surface area contributed by atoms with Gasteiger partial charge in [-0.05, 0) is 29.2 Å². The quantitative estimate of drug-likeness (QED) is 0.512. The Kier molecular flexibility index (Phi) is 6.32. The Hall–Kier alpha value is -2.03. The van der Waals surface area contributed by atoms with Gasteiger partial charge in [-0.3, -0.25) is 0 Å². The summed E-state index contributed by atoms with van der Waals surface area (Å²) < 4.78 is 32.6. The minimum atomic E-state index is -3.51. The summed E-state index contributed by atoms with van der Waals surface area (Å²) in [5.41, 5.74) is 2.77. The lowest BCUT2D eigenvalue weighted by molar-refractivity contribution is 0.336. The van der Waals surface area contributed by atoms with E-state index in [4.69, 9.17) is 4.52 Å². The van der Waals surface area contributed by atoms with Crippen LogP contribution in [0.15, 0.2) is 57.5 Å². The summed E-state index contributed by atoms with van der Waals surface area (Å²) in [7, 11) is -2.01. The zero-order chi connectivity index (χ0) is 20.3. The molecule has 0 saturated carbocycles. The molecule has 0 spiro atoms. The largest absolute Gasteiger partial charge is 0.338 e. The third kappa shape index (κ3) is 5.06. The van der Waals surface area contributed by atoms with Gasteiger partial charge in [0.2, 0.25) is 21.7 Å². The van der Waals surface area contributed by atoms with Gasteiger partial charge in [0.25, 0.3) is 0 Å². The molecule has 0 bridgehead atoms. The number of benzene rings is 2. The van der Waals surface area contributed by atoms with Crippen molar-refractivity contribution in [3.8, 4) is 11.4 Å². The Labute approximate surface area is 173 Å². The molecule has 1 heterocycles. The fraction of sp³-hybridized carbons (Fsp3) is 0.300. The molecular weight excluding hydrogens is 442 g/mol. The van der Waals surface area contributed by atoms with Crippen molar-refractivity contribution < 1.29 is 12.9 Å². The summed E-state index contributed by atoms with van der Waals surface area (Å²) in [5.74, 6) is 1.05. The highest BCUT2D eigenvalue weighted by atomic mass is 79.9. The molecule has 1 aromatic heterocycles. The lowest BCUT2D eigenvalue weighted by atomic mass is 10.0. The van der Waals surface area contributed by atoms with E-state index in [1.165, 1.54) is 16.9 Å². The molecule has 0 fully saturated rings. The highest BCUT2D eigenvalue weighted by Gasteiger charge is 2.21. The van der Waals surface area contributed by atoms with Crippen LogP contribution >= 0.6 is 15.9 Å². The van der Waals surface area contributed by atoms with Crippen molar-refractivity contribution >= 4 is 26.0 Å². The van der Waals surface area contributed by atoms with Crippen molar-refractivity contribution in [2.24, 2.45) is 0 Å². The van der Waals surface area contributed by atoms with Crippen LogP contribution in [-0.4, -0.2) is 29.9 Å². The molecule has 148 valence electrons. The second-order valence-electron chi connectivity index (χ2n) is 6.93. The van der Waals surface area contributed by atoms with Crippen LogP contribution in [0.1, 0.15) is 36.8 Å². The van der Waals surface area contributed by atoms with Gasteiger partial charge >= 0.3 is 0 Å². The van der Waals surface area contributed by atoms with Gasteiger partial charge < -0.3 is 4.52 Å². The number of hydrogen-bond acceptors (Lipinski definition) is 5. The Balaban J connectivity index is 1.70. The third-order valence-electron chi connectivity index (χ3n) is 4.37. The minimum absolute atomic E-state index is 0.0212. The molecular formula is C20H22BrN3O3S. The molecule has 0 aliphatic heterocycles. The van der Waals surface area contributed by atoms with Crippen molar-refractivity contribution in [1.29, 1.82) is 0 Å². The van der Waals surface area contributed by atoms with Crippen LogP contribution in [-0.2, 0) is 22.3 Å². The maximum Gasteiger partial charge on any atom is 0.242 e. The van der Waals surface area contributed by atoms with E-state index in [1.807, 2.05) is 36.4 Å². The Morgan fingerprint density at radius 1 is 1.14 bits per heavy atom. The van der Waals surface area contributed by atoms with Gasteiger partial charge in [0.15, 0.2) is 0 Å². The van der Waals surface area contributed by atoms with E-state index in [-0.39, 0.29) is 18.2 Å². The maximum absolute atomic E-state index is 12.6. The predicted molar refractivity (Wildman–Crippen MR) is 112 cm³/mol. The summed E-state index contributed by atoms with van der Waals surface area (Å²) in [6.07, 6.45) is 0. The lowest BCUT2D eigenvalue weighted by Gasteiger charge is -2.15. The molecule has 3 aromatic rings. The van der Waals surface area contributed by atoms with Gasteiger partial charge in [0.05, 0.1) is 12.3 Å². The molecule has 0 radical (unpaired) electrons. The normalized spacial score (nSPS) is 12.1. The third-order valence-corrected chi connectivity index (χ3v) is 6.64. The van der Waals surface area contributed by atoms with Gasteiger partial charge in [0.1, 0.15) is 0 Å². The monoisotopic (exact) mass is 463 g/mol. The molecule has 2 aromatic carbocycles. The molecule has 0 unspecified atom stereocenters. The van der Waals surface area contributed by atoms with Gasteiger partial charge in [-0.2, -0.15) is 9.29 Å². The van der Waals surface area contributed by atoms with Crippen LogP contribution in [0.3, 0.4) is 0 Å². The Morgan fingerprint density at radius 3 is 2.50 bits per heavy atom. The standard InChI is InChI=1S/C20H22BrN3O3S/c1-14(2)16-7-9-17(10-8-16)20-22-19(27-23-20)12-24(3)28(25,26)13-15-5-4-6-18(21)11-15/h4-11,14H,12-13H2,1-3H3. The minimum Gasteiger partial charge on any atom is -0.338 e. The average Bonchev–Trinajstić information content (AvgIpc) is 3.10. The molecule has 0 aliphatic rings. The topological polar surface area (TPSA) is 76.3 Å². The summed E-state index contributed by atoms with van der Waals surface area (Å²) in [6, 6.07) is 15.2. The summed E-state index contributed by atoms with van der Waals surface area (Å²) >= 11 is 3.36. The number of sulfonamides is 1. The van der Waals surface area contributed by atoms with Crippen LogP contribution in [0.25, 0.3) is 11.4 Å². The van der Waals surface area contributed by atoms with Crippen LogP contribution < -0.4 is 0 Å². The van der Waals surface area contributed by atoms with Crippen molar-refractivity contribution in [3.63, 3.8) is 0 Å². The lowest BCUT2D eigenvalue weighted by Crippen LogP contribution is -2.27. The molecule has 0 aliphatic carbocycles. The number of aromatic nitrogens is 2. The first-order valence-corrected chi connectivity index (χ1v) is 11.3. The van der Waals surface area contributed by atoms with Gasteiger partial charge in [-0.1, -0.05) is 71.3 Å². The van der Waals surface area contributed by atoms with Gasteiger partial charge in [0, 0.05) is 17.1 Å². The van der Waals surface area contributed by atoms with Crippen LogP contribution in [0.4, 0.5) is 0 Å². The second-order valence-corrected chi connectivity index (χ2v) is 9.92. The fourth-order valence-electron chi connectivity index (χ4n) is 2.69. The van der Waals surface area contributed by atoms with E-state index in [9.17, 15) is 8.42 Å². The summed E-state index contributed by atoms with van der Waals surface area (Å²) in [4.78, 5) is 4.34. The van der Waals surface area contributed by atoms with E-state index in [0.717, 1.165) is 10.0 Å². The molecule has 3 rings (SSSR count). The molecule has 28 heavy (non-hydrogen) atoms. The Bertz CT molecular complexity index is 1050. The fourth-order valence-corrected chi connectivity index (χ4v) is 4.26. The van der Waals surface area contributed by atoms with Crippen molar-refractivity contribution in [3.05, 3.63) is 70.0 Å². The highest BCUT2D eigenvalue weighted by Crippen LogP contribution is 2.21. The predicted octanol–water partition coefficient (Wildman–Crippen LogP) is 4.58. The van der Waals surface area contributed by atoms with E-state index >= 15 is 0 Å². The highest BCUT2D eigenvalue weighted by molar-refractivity contribution is 9.10.